The van der Waals surface area contributed by atoms with Crippen molar-refractivity contribution >= 4 is 23.4 Å². The van der Waals surface area contributed by atoms with Gasteiger partial charge in [-0.3, -0.25) is 9.59 Å². The van der Waals surface area contributed by atoms with E-state index in [1.54, 1.807) is 25.2 Å². The molecular weight excluding hydrogens is 326 g/mol. The van der Waals surface area contributed by atoms with Crippen LogP contribution in [0.25, 0.3) is 0 Å². The molecule has 1 fully saturated rings. The minimum atomic E-state index is -0.726. The second-order valence-corrected chi connectivity index (χ2v) is 7.89. The van der Waals surface area contributed by atoms with Crippen molar-refractivity contribution < 1.29 is 9.59 Å². The number of halogens is 1. The van der Waals surface area contributed by atoms with E-state index in [2.05, 4.69) is 50.2 Å². The summed E-state index contributed by atoms with van der Waals surface area (Å²) in [5.74, 6) is -1.38. The van der Waals surface area contributed by atoms with E-state index in [1.807, 2.05) is 0 Å². The van der Waals surface area contributed by atoms with Crippen molar-refractivity contribution in [3.8, 4) is 0 Å². The van der Waals surface area contributed by atoms with Crippen LogP contribution in [0.15, 0.2) is 35.5 Å². The van der Waals surface area contributed by atoms with Crippen molar-refractivity contribution in [3.05, 3.63) is 35.5 Å². The third-order valence-corrected chi connectivity index (χ3v) is 4.07. The molecule has 1 saturated heterocycles. The summed E-state index contributed by atoms with van der Waals surface area (Å²) in [7, 11) is 0. The van der Waals surface area contributed by atoms with Gasteiger partial charge in [-0.05, 0) is 59.6 Å². The lowest BCUT2D eigenvalue weighted by molar-refractivity contribution is -0.139. The molecule has 2 amide bonds. The van der Waals surface area contributed by atoms with Crippen molar-refractivity contribution in [2.45, 2.75) is 64.6 Å². The number of hydrogen-bond acceptors (Lipinski definition) is 3. The van der Waals surface area contributed by atoms with Gasteiger partial charge in [0.2, 0.25) is 0 Å². The van der Waals surface area contributed by atoms with Crippen LogP contribution < -0.4 is 16.0 Å². The lowest BCUT2D eigenvalue weighted by Crippen LogP contribution is -2.62. The van der Waals surface area contributed by atoms with E-state index in [0.29, 0.717) is 10.7 Å². The summed E-state index contributed by atoms with van der Waals surface area (Å²) in [6.07, 6.45) is 6.37. The van der Waals surface area contributed by atoms with Gasteiger partial charge < -0.3 is 16.0 Å². The van der Waals surface area contributed by atoms with Crippen LogP contribution in [0.5, 0.6) is 0 Å². The second kappa shape index (κ2) is 7.99. The van der Waals surface area contributed by atoms with Gasteiger partial charge in [-0.2, -0.15) is 0 Å². The molecule has 24 heavy (non-hydrogen) atoms. The molecule has 0 spiro atoms. The number of carbonyl (C=O) groups excluding carboxylic acids is 2. The number of nitrogens with one attached hydrogen (secondary N) is 3. The number of allylic oxidation sites excluding steroid dienone is 4. The normalized spacial score (nSPS) is 20.7. The standard InChI is InChI=1S/C18H28ClN3O2/c1-7-13(19)9-8-12(2)20-15(23)16(24)21-14-10-17(3,4)22-18(5,6)11-14/h7-9,14,22H,2,10-11H2,1,3-6H3,(H,20,23)(H,21,24). The molecule has 1 aliphatic rings. The fourth-order valence-corrected chi connectivity index (χ4v) is 3.26. The first-order chi connectivity index (χ1) is 10.9. The Morgan fingerprint density at radius 1 is 1.12 bits per heavy atom. The minimum absolute atomic E-state index is 0.0595. The van der Waals surface area contributed by atoms with Crippen LogP contribution >= 0.6 is 11.6 Å². The van der Waals surface area contributed by atoms with Crippen LogP contribution in [0.4, 0.5) is 0 Å². The third kappa shape index (κ3) is 6.89. The Hall–Kier alpha value is -1.59. The molecule has 0 aromatic rings. The van der Waals surface area contributed by atoms with E-state index in [1.165, 1.54) is 0 Å². The summed E-state index contributed by atoms with van der Waals surface area (Å²) in [6.45, 7) is 13.8. The molecule has 0 bridgehead atoms. The van der Waals surface area contributed by atoms with Gasteiger partial charge in [0, 0.05) is 27.8 Å². The summed E-state index contributed by atoms with van der Waals surface area (Å²) in [4.78, 5) is 24.1. The van der Waals surface area contributed by atoms with Gasteiger partial charge in [-0.25, -0.2) is 0 Å². The van der Waals surface area contributed by atoms with Gasteiger partial charge in [0.25, 0.3) is 0 Å². The molecular formula is C18H28ClN3O2. The molecule has 0 atom stereocenters. The van der Waals surface area contributed by atoms with E-state index in [0.717, 1.165) is 12.8 Å². The lowest BCUT2D eigenvalue weighted by Gasteiger charge is -2.46. The number of rotatable bonds is 4. The molecule has 0 unspecified atom stereocenters. The van der Waals surface area contributed by atoms with Crippen molar-refractivity contribution in [1.82, 2.24) is 16.0 Å². The van der Waals surface area contributed by atoms with Crippen LogP contribution in [0.3, 0.4) is 0 Å². The Bertz CT molecular complexity index is 561. The molecule has 0 saturated carbocycles. The van der Waals surface area contributed by atoms with E-state index in [-0.39, 0.29) is 17.1 Å². The maximum absolute atomic E-state index is 12.1. The van der Waals surface area contributed by atoms with Crippen LogP contribution in [0.2, 0.25) is 0 Å². The Kier molecular flexibility index (Phi) is 6.81. The molecule has 1 rings (SSSR count). The quantitative estimate of drug-likeness (QED) is 0.537. The summed E-state index contributed by atoms with van der Waals surface area (Å²) >= 11 is 5.83. The number of piperidine rings is 1. The largest absolute Gasteiger partial charge is 0.345 e. The Morgan fingerprint density at radius 3 is 2.17 bits per heavy atom. The average Bonchev–Trinajstić information content (AvgIpc) is 2.40. The van der Waals surface area contributed by atoms with Gasteiger partial charge in [0.1, 0.15) is 0 Å². The summed E-state index contributed by atoms with van der Waals surface area (Å²) < 4.78 is 0. The fraction of sp³-hybridized carbons (Fsp3) is 0.556. The zero-order valence-electron chi connectivity index (χ0n) is 15.1. The van der Waals surface area contributed by atoms with Crippen LogP contribution in [-0.4, -0.2) is 28.9 Å². The number of carbonyl (C=O) groups is 2. The average molecular weight is 354 g/mol. The summed E-state index contributed by atoms with van der Waals surface area (Å²) in [5, 5.41) is 9.33. The summed E-state index contributed by atoms with van der Waals surface area (Å²) in [5.41, 5.74) is 0.0958. The predicted molar refractivity (Wildman–Crippen MR) is 98.5 cm³/mol. The molecule has 5 nitrogen and oxygen atoms in total. The Balaban J connectivity index is 2.59. The maximum Gasteiger partial charge on any atom is 0.313 e. The molecule has 3 N–H and O–H groups in total. The highest BCUT2D eigenvalue weighted by atomic mass is 35.5. The molecule has 1 aliphatic heterocycles. The minimum Gasteiger partial charge on any atom is -0.345 e. The zero-order chi connectivity index (χ0) is 18.5. The number of amides is 2. The first-order valence-corrected chi connectivity index (χ1v) is 8.42. The zero-order valence-corrected chi connectivity index (χ0v) is 15.9. The van der Waals surface area contributed by atoms with Crippen molar-refractivity contribution in [3.63, 3.8) is 0 Å². The van der Waals surface area contributed by atoms with Crippen LogP contribution in [-0.2, 0) is 9.59 Å². The van der Waals surface area contributed by atoms with Gasteiger partial charge in [0.15, 0.2) is 0 Å². The Labute approximate surface area is 149 Å². The maximum atomic E-state index is 12.1. The molecule has 0 aromatic heterocycles. The van der Waals surface area contributed by atoms with Crippen molar-refractivity contribution in [2.75, 3.05) is 0 Å². The predicted octanol–water partition coefficient (Wildman–Crippen LogP) is 2.74. The highest BCUT2D eigenvalue weighted by Crippen LogP contribution is 2.28. The van der Waals surface area contributed by atoms with E-state index in [9.17, 15) is 9.59 Å². The van der Waals surface area contributed by atoms with Crippen LogP contribution in [0, 0.1) is 0 Å². The SMILES string of the molecule is C=C(C=CC(Cl)=CC)NC(=O)C(=O)NC1CC(C)(C)NC(C)(C)C1. The van der Waals surface area contributed by atoms with Crippen molar-refractivity contribution in [1.29, 1.82) is 0 Å². The Morgan fingerprint density at radius 2 is 1.67 bits per heavy atom. The summed E-state index contributed by atoms with van der Waals surface area (Å²) in [6, 6.07) is -0.0595. The van der Waals surface area contributed by atoms with Gasteiger partial charge in [-0.15, -0.1) is 0 Å². The van der Waals surface area contributed by atoms with Gasteiger partial charge in [-0.1, -0.05) is 24.3 Å². The third-order valence-electron chi connectivity index (χ3n) is 3.73. The highest BCUT2D eigenvalue weighted by Gasteiger charge is 2.38. The van der Waals surface area contributed by atoms with Gasteiger partial charge >= 0.3 is 11.8 Å². The lowest BCUT2D eigenvalue weighted by atomic mass is 9.79. The molecule has 0 aromatic carbocycles. The highest BCUT2D eigenvalue weighted by molar-refractivity contribution is 6.35. The molecule has 0 aliphatic carbocycles. The fourth-order valence-electron chi connectivity index (χ4n) is 3.20. The number of hydrogen-bond donors (Lipinski definition) is 3. The molecule has 6 heteroatoms. The molecule has 134 valence electrons. The van der Waals surface area contributed by atoms with Crippen molar-refractivity contribution in [2.24, 2.45) is 0 Å². The first-order valence-electron chi connectivity index (χ1n) is 8.04. The molecule has 0 radical (unpaired) electrons. The van der Waals surface area contributed by atoms with Crippen LogP contribution in [0.1, 0.15) is 47.5 Å². The topological polar surface area (TPSA) is 70.2 Å². The van der Waals surface area contributed by atoms with E-state index < -0.39 is 11.8 Å². The van der Waals surface area contributed by atoms with E-state index >= 15 is 0 Å². The second-order valence-electron chi connectivity index (χ2n) is 7.46. The van der Waals surface area contributed by atoms with E-state index in [4.69, 9.17) is 11.6 Å². The molecule has 1 heterocycles. The first kappa shape index (κ1) is 20.5. The monoisotopic (exact) mass is 353 g/mol. The van der Waals surface area contributed by atoms with Gasteiger partial charge in [0.05, 0.1) is 0 Å². The smallest absolute Gasteiger partial charge is 0.313 e.